The zero-order valence-corrected chi connectivity index (χ0v) is 27.2. The molecule has 0 spiro atoms. The van der Waals surface area contributed by atoms with E-state index >= 15 is 0 Å². The van der Waals surface area contributed by atoms with Crippen molar-refractivity contribution in [1.82, 2.24) is 0 Å². The van der Waals surface area contributed by atoms with Gasteiger partial charge in [-0.05, 0) is 0 Å². The van der Waals surface area contributed by atoms with E-state index in [0.717, 1.165) is 12.8 Å². The molecule has 0 saturated carbocycles. The van der Waals surface area contributed by atoms with Crippen LogP contribution in [0.4, 0.5) is 0 Å². The Bertz CT molecular complexity index is 1410. The fourth-order valence-electron chi connectivity index (χ4n) is 6.50. The van der Waals surface area contributed by atoms with Crippen molar-refractivity contribution in [2.45, 2.75) is 45.8 Å². The molecule has 0 radical (unpaired) electrons. The summed E-state index contributed by atoms with van der Waals surface area (Å²) in [5, 5.41) is 0. The van der Waals surface area contributed by atoms with Crippen LogP contribution in [0, 0.1) is 0 Å². The standard InChI is InChI=1S/2C18H17.CH2.2ClH.Zr/c2*1-14(15-7-3-2-4-8-15)13-17-12-11-16-9-5-6-10-18(16)17;;;;/h2*2-12,14H,13H2,1H3;1H2;2*1H;/q;;;;;+2/p-2. The normalized spacial score (nSPS) is 18.0. The van der Waals surface area contributed by atoms with Gasteiger partial charge in [0.1, 0.15) is 0 Å². The van der Waals surface area contributed by atoms with Crippen LogP contribution in [0.5, 0.6) is 0 Å². The molecular formula is C37H36Cl2Zr. The summed E-state index contributed by atoms with van der Waals surface area (Å²) >= 11 is -2.22. The Kier molecular flexibility index (Phi) is 10.4. The van der Waals surface area contributed by atoms with Gasteiger partial charge in [0.05, 0.1) is 0 Å². The zero-order chi connectivity index (χ0) is 26.1. The Labute approximate surface area is 260 Å². The van der Waals surface area contributed by atoms with Crippen molar-refractivity contribution in [1.29, 1.82) is 0 Å². The zero-order valence-electron chi connectivity index (χ0n) is 23.2. The van der Waals surface area contributed by atoms with E-state index in [1.54, 1.807) is 0 Å². The van der Waals surface area contributed by atoms with Crippen molar-refractivity contribution in [3.05, 3.63) is 155 Å². The molecule has 2 aliphatic carbocycles. The average Bonchev–Trinajstić information content (AvgIpc) is 3.52. The number of hydrogen-bond acceptors (Lipinski definition) is 0. The smallest absolute Gasteiger partial charge is 1.00 e. The Morgan fingerprint density at radius 1 is 0.550 bits per heavy atom. The molecule has 0 bridgehead atoms. The van der Waals surface area contributed by atoms with Gasteiger partial charge in [-0.15, -0.1) is 0 Å². The molecule has 4 unspecified atom stereocenters. The number of benzene rings is 4. The van der Waals surface area contributed by atoms with Crippen LogP contribution in [0.25, 0.3) is 11.1 Å². The first-order chi connectivity index (χ1) is 18.6. The number of hydrogen-bond donors (Lipinski definition) is 0. The van der Waals surface area contributed by atoms with Crippen LogP contribution >= 0.6 is 0 Å². The van der Waals surface area contributed by atoms with Gasteiger partial charge in [-0.2, -0.15) is 0 Å². The molecule has 6 rings (SSSR count). The largest absolute Gasteiger partial charge is 1.00 e. The van der Waals surface area contributed by atoms with Gasteiger partial charge in [0.25, 0.3) is 0 Å². The van der Waals surface area contributed by atoms with E-state index in [2.05, 4.69) is 135 Å². The molecule has 4 atom stereocenters. The molecule has 0 fully saturated rings. The molecule has 0 nitrogen and oxygen atoms in total. The Hall–Kier alpha value is -2.31. The molecule has 3 heteroatoms. The summed E-state index contributed by atoms with van der Waals surface area (Å²) in [7, 11) is 0. The number of allylic oxidation sites excluding steroid dienone is 4. The van der Waals surface area contributed by atoms with Crippen molar-refractivity contribution >= 4 is 15.4 Å². The first kappa shape index (κ1) is 30.6. The molecule has 0 aliphatic heterocycles. The van der Waals surface area contributed by atoms with Crippen LogP contribution in [0.3, 0.4) is 0 Å². The van der Waals surface area contributed by atoms with E-state index in [1.807, 2.05) is 0 Å². The molecule has 4 aromatic rings. The summed E-state index contributed by atoms with van der Waals surface area (Å²) in [6, 6.07) is 40.3. The molecule has 40 heavy (non-hydrogen) atoms. The second-order valence-electron chi connectivity index (χ2n) is 11.1. The third kappa shape index (κ3) is 6.13. The van der Waals surface area contributed by atoms with Gasteiger partial charge in [-0.25, -0.2) is 0 Å². The molecule has 202 valence electrons. The Morgan fingerprint density at radius 3 is 1.30 bits per heavy atom. The van der Waals surface area contributed by atoms with Gasteiger partial charge in [0.2, 0.25) is 0 Å². The summed E-state index contributed by atoms with van der Waals surface area (Å²) in [4.78, 5) is 0. The minimum Gasteiger partial charge on any atom is -1.00 e. The van der Waals surface area contributed by atoms with Crippen molar-refractivity contribution in [3.63, 3.8) is 0 Å². The summed E-state index contributed by atoms with van der Waals surface area (Å²) in [5.74, 6) is 1.01. The van der Waals surface area contributed by atoms with E-state index in [9.17, 15) is 0 Å². The molecule has 0 heterocycles. The minimum atomic E-state index is -2.22. The molecule has 0 aromatic heterocycles. The topological polar surface area (TPSA) is 0 Å². The van der Waals surface area contributed by atoms with Crippen LogP contribution in [-0.2, 0) is 21.3 Å². The van der Waals surface area contributed by atoms with E-state index < -0.39 is 21.3 Å². The van der Waals surface area contributed by atoms with E-state index in [0.29, 0.717) is 19.1 Å². The molecule has 0 N–H and O–H groups in total. The number of fused-ring (bicyclic) bond motifs is 2. The summed E-state index contributed by atoms with van der Waals surface area (Å²) in [6.45, 7) is 4.73. The predicted molar refractivity (Wildman–Crippen MR) is 160 cm³/mol. The van der Waals surface area contributed by atoms with Gasteiger partial charge in [-0.1, -0.05) is 0 Å². The average molecular weight is 643 g/mol. The van der Waals surface area contributed by atoms with Gasteiger partial charge >= 0.3 is 237 Å². The van der Waals surface area contributed by atoms with Crippen LogP contribution in [0.2, 0.25) is 0 Å². The van der Waals surface area contributed by atoms with Crippen molar-refractivity contribution in [3.8, 4) is 0 Å². The maximum absolute atomic E-state index is 5.05. The SMILES string of the molecule is [CH2]=[Zr+2]([CH]1C=C(CC(C)c2ccccc2)c2ccccc21)[CH]1C=C(CC(C)c2ccccc2)c2ccccc21.[Cl-].[Cl-]. The molecular weight excluding hydrogens is 607 g/mol. The Morgan fingerprint density at radius 2 is 0.900 bits per heavy atom. The number of rotatable bonds is 8. The van der Waals surface area contributed by atoms with Gasteiger partial charge < -0.3 is 24.8 Å². The number of halogens is 2. The van der Waals surface area contributed by atoms with Gasteiger partial charge in [0.15, 0.2) is 0 Å². The van der Waals surface area contributed by atoms with Crippen LogP contribution in [0.1, 0.15) is 79.2 Å². The first-order valence-electron chi connectivity index (χ1n) is 14.0. The van der Waals surface area contributed by atoms with Crippen LogP contribution in [-0.4, -0.2) is 4.21 Å². The van der Waals surface area contributed by atoms with Crippen LogP contribution < -0.4 is 24.8 Å². The maximum Gasteiger partial charge on any atom is -1.00 e. The second kappa shape index (κ2) is 13.6. The third-order valence-corrected chi connectivity index (χ3v) is 14.9. The van der Waals surface area contributed by atoms with Crippen molar-refractivity contribution in [2.75, 3.05) is 0 Å². The third-order valence-electron chi connectivity index (χ3n) is 8.61. The fourth-order valence-corrected chi connectivity index (χ4v) is 12.7. The van der Waals surface area contributed by atoms with Gasteiger partial charge in [0, 0.05) is 0 Å². The minimum absolute atomic E-state index is 0. The van der Waals surface area contributed by atoms with E-state index in [1.165, 1.54) is 44.5 Å². The van der Waals surface area contributed by atoms with Gasteiger partial charge in [-0.3, -0.25) is 0 Å². The Balaban J connectivity index is 0.00000185. The molecule has 4 aromatic carbocycles. The van der Waals surface area contributed by atoms with Crippen LogP contribution in [0.15, 0.2) is 121 Å². The fraction of sp³-hybridized carbons (Fsp3) is 0.216. The van der Waals surface area contributed by atoms with Crippen molar-refractivity contribution < 1.29 is 46.1 Å². The van der Waals surface area contributed by atoms with E-state index in [4.69, 9.17) is 4.21 Å². The first-order valence-corrected chi connectivity index (χ1v) is 18.6. The quantitative estimate of drug-likeness (QED) is 0.275. The van der Waals surface area contributed by atoms with E-state index in [-0.39, 0.29) is 24.8 Å². The monoisotopic (exact) mass is 640 g/mol. The van der Waals surface area contributed by atoms with Crippen molar-refractivity contribution in [2.24, 2.45) is 0 Å². The summed E-state index contributed by atoms with van der Waals surface area (Å²) in [5.41, 5.74) is 11.9. The molecule has 0 saturated heterocycles. The second-order valence-corrected chi connectivity index (χ2v) is 17.0. The molecule has 0 amide bonds. The summed E-state index contributed by atoms with van der Waals surface area (Å²) < 4.78 is 6.09. The predicted octanol–water partition coefficient (Wildman–Crippen LogP) is 3.71. The maximum atomic E-state index is 5.05. The molecule has 2 aliphatic rings. The summed E-state index contributed by atoms with van der Waals surface area (Å²) in [6.07, 6.45) is 7.44.